The number of rotatable bonds is 8. The van der Waals surface area contributed by atoms with E-state index in [1.807, 2.05) is 83.1 Å². The van der Waals surface area contributed by atoms with E-state index in [9.17, 15) is 34.4 Å². The lowest BCUT2D eigenvalue weighted by Gasteiger charge is -2.32. The summed E-state index contributed by atoms with van der Waals surface area (Å²) in [6.07, 6.45) is -3.68. The molecule has 0 aromatic carbocycles. The molecule has 0 radical (unpaired) electrons. The van der Waals surface area contributed by atoms with Crippen molar-refractivity contribution in [3.05, 3.63) is 40.4 Å². The Morgan fingerprint density at radius 2 is 0.839 bits per heavy atom. The molecule has 14 nitrogen and oxygen atoms in total. The predicted octanol–water partition coefficient (Wildman–Crippen LogP) is 7.50. The first kappa shape index (κ1) is 54.6. The largest absolute Gasteiger partial charge is 0.496 e. The van der Waals surface area contributed by atoms with Crippen molar-refractivity contribution in [3.8, 4) is 0 Å². The maximum Gasteiger partial charge on any atom is 0.496 e. The van der Waals surface area contributed by atoms with E-state index >= 15 is 0 Å². The molecule has 0 aliphatic carbocycles. The van der Waals surface area contributed by atoms with Crippen LogP contribution in [0.5, 0.6) is 0 Å². The minimum Gasteiger partial charge on any atom is -0.405 e. The third-order valence-corrected chi connectivity index (χ3v) is 14.9. The molecule has 0 spiro atoms. The van der Waals surface area contributed by atoms with Gasteiger partial charge in [-0.05, 0) is 153 Å². The molecule has 0 atom stereocenters. The molecule has 3 aliphatic heterocycles. The second-order valence-corrected chi connectivity index (χ2v) is 24.6. The first-order valence-electron chi connectivity index (χ1n) is 19.8. The Morgan fingerprint density at radius 1 is 0.548 bits per heavy atom. The molecule has 3 aliphatic rings. The standard InChI is InChI=1S/C16H25BF2N2O4S.C12H24B2O4.C10H13BrF2N2O2S/c1-14(2,3)21-26(22,23)11-8-10(9-20-12(11)13(18)19)17-24-15(4,5)16(6,7)25-17;1-9(2)10(3,4)16-13(15-9)14-17-11(5,6)12(7,8)18-14;1-10(2,3)15-18(16,17)7-4-6(11)5-14-8(7)9(12)13/h8-9,13,21H,1-7H3;1-8H3;4-5,9,15H,1-3H3. The van der Waals surface area contributed by atoms with Crippen LogP contribution < -0.4 is 14.9 Å². The zero-order chi connectivity index (χ0) is 48.3. The van der Waals surface area contributed by atoms with Crippen LogP contribution in [0.3, 0.4) is 0 Å². The van der Waals surface area contributed by atoms with E-state index in [0.717, 1.165) is 18.3 Å². The van der Waals surface area contributed by atoms with Gasteiger partial charge in [-0.2, -0.15) is 0 Å². The smallest absolute Gasteiger partial charge is 0.405 e. The molecule has 0 saturated carbocycles. The predicted molar refractivity (Wildman–Crippen MR) is 234 cm³/mol. The van der Waals surface area contributed by atoms with E-state index in [1.54, 1.807) is 41.5 Å². The molecule has 3 saturated heterocycles. The third kappa shape index (κ3) is 13.0. The highest BCUT2D eigenvalue weighted by Crippen LogP contribution is 2.43. The minimum absolute atomic E-state index is 0.266. The fourth-order valence-electron chi connectivity index (χ4n) is 5.68. The molecule has 5 heterocycles. The number of pyridine rings is 2. The summed E-state index contributed by atoms with van der Waals surface area (Å²) in [5.74, 6) is 0. The lowest BCUT2D eigenvalue weighted by Crippen LogP contribution is -2.42. The van der Waals surface area contributed by atoms with Crippen LogP contribution in [-0.2, 0) is 48.0 Å². The first-order valence-corrected chi connectivity index (χ1v) is 23.6. The maximum absolute atomic E-state index is 13.3. The summed E-state index contributed by atoms with van der Waals surface area (Å²) in [5, 5.41) is 0. The number of nitrogens with one attached hydrogen (secondary N) is 2. The van der Waals surface area contributed by atoms with Crippen LogP contribution in [0.25, 0.3) is 0 Å². The van der Waals surface area contributed by atoms with Gasteiger partial charge >= 0.3 is 21.1 Å². The fraction of sp³-hybridized carbons (Fsp3) is 0.737. The summed E-state index contributed by atoms with van der Waals surface area (Å²) >= 11 is 3.02. The van der Waals surface area contributed by atoms with Gasteiger partial charge in [0.1, 0.15) is 21.2 Å². The van der Waals surface area contributed by atoms with Crippen LogP contribution in [0.2, 0.25) is 0 Å². The van der Waals surface area contributed by atoms with Crippen LogP contribution >= 0.6 is 15.9 Å². The van der Waals surface area contributed by atoms with Gasteiger partial charge in [-0.15, -0.1) is 0 Å². The zero-order valence-electron chi connectivity index (χ0n) is 38.9. The molecule has 0 unspecified atom stereocenters. The Morgan fingerprint density at radius 3 is 1.15 bits per heavy atom. The summed E-state index contributed by atoms with van der Waals surface area (Å²) < 4.78 is 142. The Hall–Kier alpha value is -1.73. The van der Waals surface area contributed by atoms with Crippen LogP contribution in [0.1, 0.15) is 149 Å². The van der Waals surface area contributed by atoms with E-state index < -0.39 is 97.5 Å². The molecule has 2 N–H and O–H groups in total. The molecule has 62 heavy (non-hydrogen) atoms. The Balaban J connectivity index is 0.000000255. The lowest BCUT2D eigenvalue weighted by molar-refractivity contribution is 0.00578. The first-order chi connectivity index (χ1) is 27.5. The van der Waals surface area contributed by atoms with Crippen molar-refractivity contribution in [1.29, 1.82) is 0 Å². The number of aromatic nitrogens is 2. The normalized spacial score (nSPS) is 21.5. The second kappa shape index (κ2) is 18.2. The van der Waals surface area contributed by atoms with Gasteiger partial charge in [-0.25, -0.2) is 43.8 Å². The molecule has 3 fully saturated rings. The molecule has 0 bridgehead atoms. The van der Waals surface area contributed by atoms with Crippen molar-refractivity contribution in [2.75, 3.05) is 0 Å². The summed E-state index contributed by atoms with van der Waals surface area (Å²) in [6, 6.07) is 2.26. The van der Waals surface area contributed by atoms with E-state index in [1.165, 1.54) is 6.20 Å². The van der Waals surface area contributed by atoms with Gasteiger partial charge < -0.3 is 27.9 Å². The van der Waals surface area contributed by atoms with Crippen molar-refractivity contribution in [3.63, 3.8) is 0 Å². The quantitative estimate of drug-likeness (QED) is 0.197. The second-order valence-electron chi connectivity index (χ2n) is 20.3. The molecule has 2 aromatic rings. The third-order valence-electron chi connectivity index (χ3n) is 10.9. The summed E-state index contributed by atoms with van der Waals surface area (Å²) in [4.78, 5) is 6.06. The topological polar surface area (TPSA) is 173 Å². The number of hydrogen-bond donors (Lipinski definition) is 2. The number of nitrogens with zero attached hydrogens (tertiary/aromatic N) is 2. The van der Waals surface area contributed by atoms with E-state index in [2.05, 4.69) is 35.3 Å². The average molecular weight is 987 g/mol. The molecular formula is C38H62B3BrF4N4O10S2. The van der Waals surface area contributed by atoms with Crippen LogP contribution in [-0.4, -0.2) is 92.6 Å². The van der Waals surface area contributed by atoms with Gasteiger partial charge in [0.15, 0.2) is 0 Å². The number of halogens is 5. The van der Waals surface area contributed by atoms with Crippen LogP contribution in [0.15, 0.2) is 38.8 Å². The van der Waals surface area contributed by atoms with Gasteiger partial charge in [-0.1, -0.05) is 0 Å². The highest BCUT2D eigenvalue weighted by Gasteiger charge is 2.63. The van der Waals surface area contributed by atoms with Crippen molar-refractivity contribution in [1.82, 2.24) is 19.4 Å². The maximum atomic E-state index is 13.3. The van der Waals surface area contributed by atoms with Gasteiger partial charge in [0, 0.05) is 33.4 Å². The number of sulfonamides is 2. The SMILES string of the molecule is CC(C)(C)NS(=O)(=O)c1cc(B2OC(C)(C)C(C)(C)O2)cnc1C(F)F.CC(C)(C)NS(=O)(=O)c1cc(Br)cnc1C(F)F.CC1(C)OB(B2OC(C)(C)C(C)(C)O2)OC1(C)C. The van der Waals surface area contributed by atoms with Crippen LogP contribution in [0, 0.1) is 0 Å². The molecule has 0 amide bonds. The van der Waals surface area contributed by atoms with E-state index in [0.29, 0.717) is 4.47 Å². The number of hydrogen-bond acceptors (Lipinski definition) is 12. The summed E-state index contributed by atoms with van der Waals surface area (Å²) in [6.45, 7) is 33.3. The Kier molecular flexibility index (Phi) is 16.0. The van der Waals surface area contributed by atoms with Gasteiger partial charge in [0.05, 0.1) is 33.6 Å². The molecule has 5 rings (SSSR count). The van der Waals surface area contributed by atoms with E-state index in [-0.39, 0.29) is 27.9 Å². The Bertz CT molecular complexity index is 2070. The van der Waals surface area contributed by atoms with Crippen molar-refractivity contribution >= 4 is 62.6 Å². The molecular weight excluding hydrogens is 925 g/mol. The van der Waals surface area contributed by atoms with E-state index in [4.69, 9.17) is 27.9 Å². The zero-order valence-corrected chi connectivity index (χ0v) is 42.1. The Labute approximate surface area is 375 Å². The average Bonchev–Trinajstić information content (AvgIpc) is 3.51. The fourth-order valence-corrected chi connectivity index (χ4v) is 9.41. The summed E-state index contributed by atoms with van der Waals surface area (Å²) in [7, 11) is -10.1. The highest BCUT2D eigenvalue weighted by atomic mass is 79.9. The van der Waals surface area contributed by atoms with Crippen molar-refractivity contribution in [2.24, 2.45) is 0 Å². The molecule has 24 heteroatoms. The van der Waals surface area contributed by atoms with Gasteiger partial charge in [0.2, 0.25) is 20.0 Å². The minimum atomic E-state index is -4.21. The van der Waals surface area contributed by atoms with Crippen molar-refractivity contribution in [2.45, 2.75) is 192 Å². The molecule has 350 valence electrons. The van der Waals surface area contributed by atoms with Crippen LogP contribution in [0.4, 0.5) is 17.6 Å². The summed E-state index contributed by atoms with van der Waals surface area (Å²) in [5.41, 5.74) is -5.63. The van der Waals surface area contributed by atoms with Gasteiger partial charge in [0.25, 0.3) is 12.9 Å². The number of alkyl halides is 4. The highest BCUT2D eigenvalue weighted by molar-refractivity contribution is 9.10. The van der Waals surface area contributed by atoms with Crippen molar-refractivity contribution < 1.29 is 62.3 Å². The van der Waals surface area contributed by atoms with Gasteiger partial charge in [-0.3, -0.25) is 9.97 Å². The molecule has 2 aromatic heterocycles. The lowest BCUT2D eigenvalue weighted by atomic mass is 9.49. The monoisotopic (exact) mass is 986 g/mol.